The molecule has 2 heterocycles. The molecule has 1 amide bonds. The van der Waals surface area contributed by atoms with Crippen LogP contribution in [0.3, 0.4) is 0 Å². The van der Waals surface area contributed by atoms with Gasteiger partial charge in [0.15, 0.2) is 0 Å². The third kappa shape index (κ3) is 2.25. The molecule has 0 atom stereocenters. The summed E-state index contributed by atoms with van der Waals surface area (Å²) in [5.41, 5.74) is 2.47. The molecule has 0 saturated carbocycles. The van der Waals surface area contributed by atoms with E-state index >= 15 is 0 Å². The van der Waals surface area contributed by atoms with Crippen molar-refractivity contribution in [2.24, 2.45) is 0 Å². The van der Waals surface area contributed by atoms with Gasteiger partial charge in [0.1, 0.15) is 0 Å². The van der Waals surface area contributed by atoms with Crippen molar-refractivity contribution in [2.75, 3.05) is 7.05 Å². The number of benzene rings is 1. The smallest absolute Gasteiger partial charge is 0.254 e. The zero-order chi connectivity index (χ0) is 13.9. The van der Waals surface area contributed by atoms with Gasteiger partial charge in [-0.2, -0.15) is 5.10 Å². The second kappa shape index (κ2) is 5.13. The van der Waals surface area contributed by atoms with Gasteiger partial charge < -0.3 is 4.90 Å². The van der Waals surface area contributed by atoms with Gasteiger partial charge >= 0.3 is 0 Å². The first-order valence-corrected chi connectivity index (χ1v) is 6.32. The first-order chi connectivity index (χ1) is 9.75. The van der Waals surface area contributed by atoms with Crippen LogP contribution < -0.4 is 0 Å². The molecule has 0 saturated heterocycles. The maximum atomic E-state index is 12.6. The molecule has 100 valence electrons. The molecule has 0 unspecified atom stereocenters. The summed E-state index contributed by atoms with van der Waals surface area (Å²) in [5, 5.41) is 7.50. The largest absolute Gasteiger partial charge is 0.337 e. The highest BCUT2D eigenvalue weighted by atomic mass is 16.2. The Kier molecular flexibility index (Phi) is 3.16. The summed E-state index contributed by atoms with van der Waals surface area (Å²) < 4.78 is 0. The number of hydrogen-bond donors (Lipinski definition) is 1. The molecule has 0 aliphatic heterocycles. The lowest BCUT2D eigenvalue weighted by Gasteiger charge is -2.17. The van der Waals surface area contributed by atoms with Crippen LogP contribution in [0.25, 0.3) is 10.9 Å². The first kappa shape index (κ1) is 12.3. The normalized spacial score (nSPS) is 10.7. The molecular formula is C15H14N4O. The lowest BCUT2D eigenvalue weighted by molar-refractivity contribution is 0.0787. The monoisotopic (exact) mass is 266 g/mol. The number of amides is 1. The topological polar surface area (TPSA) is 61.9 Å². The van der Waals surface area contributed by atoms with Crippen LogP contribution in [0.5, 0.6) is 0 Å². The van der Waals surface area contributed by atoms with Crippen LogP contribution in [0.1, 0.15) is 15.9 Å². The minimum absolute atomic E-state index is 0.0233. The number of hydrogen-bond acceptors (Lipinski definition) is 3. The van der Waals surface area contributed by atoms with E-state index in [9.17, 15) is 4.79 Å². The molecule has 2 aromatic heterocycles. The quantitative estimate of drug-likeness (QED) is 0.790. The van der Waals surface area contributed by atoms with Crippen LogP contribution in [0.4, 0.5) is 0 Å². The number of aromatic nitrogens is 3. The fourth-order valence-electron chi connectivity index (χ4n) is 2.21. The molecule has 3 aromatic rings. The van der Waals surface area contributed by atoms with Crippen LogP contribution in [-0.2, 0) is 6.54 Å². The fraction of sp³-hybridized carbons (Fsp3) is 0.133. The van der Waals surface area contributed by atoms with Crippen molar-refractivity contribution in [3.63, 3.8) is 0 Å². The van der Waals surface area contributed by atoms with Crippen LogP contribution in [0, 0.1) is 0 Å². The summed E-state index contributed by atoms with van der Waals surface area (Å²) in [5.74, 6) is -0.0233. The van der Waals surface area contributed by atoms with E-state index in [-0.39, 0.29) is 5.91 Å². The number of H-pyrrole nitrogens is 1. The lowest BCUT2D eigenvalue weighted by atomic mass is 10.1. The number of aromatic amines is 1. The molecule has 0 spiro atoms. The maximum absolute atomic E-state index is 12.6. The Hall–Kier alpha value is -2.69. The molecule has 0 radical (unpaired) electrons. The highest BCUT2D eigenvalue weighted by Gasteiger charge is 2.15. The number of carbonyl (C=O) groups is 1. The van der Waals surface area contributed by atoms with E-state index < -0.39 is 0 Å². The van der Waals surface area contributed by atoms with Crippen LogP contribution >= 0.6 is 0 Å². The molecule has 5 nitrogen and oxygen atoms in total. The second-order valence-corrected chi connectivity index (χ2v) is 4.64. The Morgan fingerprint density at radius 3 is 3.00 bits per heavy atom. The van der Waals surface area contributed by atoms with Crippen molar-refractivity contribution < 1.29 is 4.79 Å². The second-order valence-electron chi connectivity index (χ2n) is 4.64. The van der Waals surface area contributed by atoms with Crippen molar-refractivity contribution in [1.82, 2.24) is 20.1 Å². The molecule has 1 aromatic carbocycles. The third-order valence-electron chi connectivity index (χ3n) is 3.20. The molecule has 5 heteroatoms. The maximum Gasteiger partial charge on any atom is 0.254 e. The van der Waals surface area contributed by atoms with Gasteiger partial charge in [0.2, 0.25) is 0 Å². The van der Waals surface area contributed by atoms with Crippen molar-refractivity contribution in [1.29, 1.82) is 0 Å². The van der Waals surface area contributed by atoms with Crippen molar-refractivity contribution in [3.05, 3.63) is 60.0 Å². The average molecular weight is 266 g/mol. The summed E-state index contributed by atoms with van der Waals surface area (Å²) in [7, 11) is 1.78. The predicted octanol–water partition coefficient (Wildman–Crippen LogP) is 2.23. The van der Waals surface area contributed by atoms with Gasteiger partial charge in [-0.05, 0) is 18.2 Å². The van der Waals surface area contributed by atoms with Crippen LogP contribution in [-0.4, -0.2) is 33.0 Å². The van der Waals surface area contributed by atoms with Gasteiger partial charge in [0.05, 0.1) is 11.7 Å². The molecule has 1 N–H and O–H groups in total. The zero-order valence-electron chi connectivity index (χ0n) is 11.1. The Bertz CT molecular complexity index is 731. The molecule has 0 bridgehead atoms. The van der Waals surface area contributed by atoms with Gasteiger partial charge in [-0.1, -0.05) is 12.1 Å². The van der Waals surface area contributed by atoms with E-state index in [1.165, 1.54) is 0 Å². The number of carbonyl (C=O) groups excluding carboxylic acids is 1. The zero-order valence-corrected chi connectivity index (χ0v) is 11.1. The van der Waals surface area contributed by atoms with Gasteiger partial charge in [-0.3, -0.25) is 14.9 Å². The van der Waals surface area contributed by atoms with Gasteiger partial charge in [0.25, 0.3) is 5.91 Å². The summed E-state index contributed by atoms with van der Waals surface area (Å²) in [6, 6.07) is 9.35. The van der Waals surface area contributed by atoms with E-state index in [0.717, 1.165) is 16.5 Å². The number of pyridine rings is 1. The van der Waals surface area contributed by atoms with Gasteiger partial charge in [0, 0.05) is 42.5 Å². The van der Waals surface area contributed by atoms with E-state index in [0.29, 0.717) is 12.1 Å². The highest BCUT2D eigenvalue weighted by molar-refractivity contribution is 6.05. The van der Waals surface area contributed by atoms with Gasteiger partial charge in [-0.15, -0.1) is 0 Å². The standard InChI is InChI=1S/C15H14N4O/c1-19(10-11-8-17-18-9-11)15(20)13-4-2-6-14-12(13)5-3-7-16-14/h2-9H,10H2,1H3,(H,17,18). The predicted molar refractivity (Wildman–Crippen MR) is 76.1 cm³/mol. The minimum atomic E-state index is -0.0233. The number of nitrogens with zero attached hydrogens (tertiary/aromatic N) is 3. The Morgan fingerprint density at radius 2 is 2.20 bits per heavy atom. The minimum Gasteiger partial charge on any atom is -0.337 e. The SMILES string of the molecule is CN(Cc1cn[nH]c1)C(=O)c1cccc2ncccc12. The van der Waals surface area contributed by atoms with E-state index in [4.69, 9.17) is 0 Å². The number of rotatable bonds is 3. The molecule has 0 fully saturated rings. The van der Waals surface area contributed by atoms with E-state index in [2.05, 4.69) is 15.2 Å². The van der Waals surface area contributed by atoms with Crippen molar-refractivity contribution in [3.8, 4) is 0 Å². The first-order valence-electron chi connectivity index (χ1n) is 6.32. The molecule has 0 aliphatic rings. The summed E-state index contributed by atoms with van der Waals surface area (Å²) in [6.07, 6.45) is 5.23. The molecular weight excluding hydrogens is 252 g/mol. The summed E-state index contributed by atoms with van der Waals surface area (Å²) >= 11 is 0. The molecule has 0 aliphatic carbocycles. The summed E-state index contributed by atoms with van der Waals surface area (Å²) in [4.78, 5) is 18.5. The molecule has 20 heavy (non-hydrogen) atoms. The average Bonchev–Trinajstić information content (AvgIpc) is 2.99. The Balaban J connectivity index is 1.92. The van der Waals surface area contributed by atoms with E-state index in [1.54, 1.807) is 30.5 Å². The van der Waals surface area contributed by atoms with E-state index in [1.807, 2.05) is 30.3 Å². The van der Waals surface area contributed by atoms with Crippen molar-refractivity contribution >= 4 is 16.8 Å². The highest BCUT2D eigenvalue weighted by Crippen LogP contribution is 2.18. The van der Waals surface area contributed by atoms with Crippen molar-refractivity contribution in [2.45, 2.75) is 6.54 Å². The fourth-order valence-corrected chi connectivity index (χ4v) is 2.21. The third-order valence-corrected chi connectivity index (χ3v) is 3.20. The number of nitrogens with one attached hydrogen (secondary N) is 1. The summed E-state index contributed by atoms with van der Waals surface area (Å²) in [6.45, 7) is 0.520. The Labute approximate surface area is 116 Å². The van der Waals surface area contributed by atoms with Gasteiger partial charge in [-0.25, -0.2) is 0 Å². The van der Waals surface area contributed by atoms with Crippen LogP contribution in [0.15, 0.2) is 48.9 Å². The number of fused-ring (bicyclic) bond motifs is 1. The Morgan fingerprint density at radius 1 is 1.30 bits per heavy atom. The molecule has 3 rings (SSSR count). The lowest BCUT2D eigenvalue weighted by Crippen LogP contribution is -2.26. The van der Waals surface area contributed by atoms with Crippen LogP contribution in [0.2, 0.25) is 0 Å².